The number of hydrogen-bond donors (Lipinski definition) is 2. The van der Waals surface area contributed by atoms with Gasteiger partial charge in [0, 0.05) is 11.6 Å². The molecule has 12 heteroatoms. The number of amides is 2. The van der Waals surface area contributed by atoms with Gasteiger partial charge >= 0.3 is 0 Å². The zero-order chi connectivity index (χ0) is 28.2. The molecular weight excluding hydrogens is 545 g/mol. The van der Waals surface area contributed by atoms with Crippen LogP contribution in [0.3, 0.4) is 0 Å². The van der Waals surface area contributed by atoms with Crippen molar-refractivity contribution in [2.75, 3.05) is 14.2 Å². The molecule has 1 heterocycles. The molecule has 1 fully saturated rings. The van der Waals surface area contributed by atoms with Crippen molar-refractivity contribution in [2.24, 2.45) is 4.99 Å². The largest absolute Gasteiger partial charge is 0.497 e. The molecule has 0 unspecified atom stereocenters. The van der Waals surface area contributed by atoms with Gasteiger partial charge in [0.2, 0.25) is 5.91 Å². The SMILES string of the molecule is COc1ccc(/C=C2\SC(=Nc3ccc(CC(=O)NS(=O)(=O)c4ccc(C)cc4)c(F)c3)NC2=O)c(OC)c1. The molecule has 0 aliphatic carbocycles. The van der Waals surface area contributed by atoms with Gasteiger partial charge in [0.05, 0.1) is 36.1 Å². The van der Waals surface area contributed by atoms with E-state index in [1.165, 1.54) is 38.5 Å². The lowest BCUT2D eigenvalue weighted by atomic mass is 10.1. The van der Waals surface area contributed by atoms with Crippen molar-refractivity contribution in [1.29, 1.82) is 0 Å². The highest BCUT2D eigenvalue weighted by Gasteiger charge is 2.25. The molecule has 39 heavy (non-hydrogen) atoms. The third-order valence-corrected chi connectivity index (χ3v) is 7.87. The van der Waals surface area contributed by atoms with Crippen molar-refractivity contribution < 1.29 is 31.9 Å². The second-order valence-corrected chi connectivity index (χ2v) is 11.1. The van der Waals surface area contributed by atoms with Crippen molar-refractivity contribution >= 4 is 50.5 Å². The molecule has 3 aromatic carbocycles. The Kier molecular flexibility index (Phi) is 8.36. The van der Waals surface area contributed by atoms with Gasteiger partial charge in [-0.25, -0.2) is 22.5 Å². The first-order valence-electron chi connectivity index (χ1n) is 11.5. The number of ether oxygens (including phenoxy) is 2. The summed E-state index contributed by atoms with van der Waals surface area (Å²) in [6.07, 6.45) is 1.16. The van der Waals surface area contributed by atoms with E-state index < -0.39 is 28.2 Å². The Morgan fingerprint density at radius 3 is 2.49 bits per heavy atom. The third kappa shape index (κ3) is 6.84. The summed E-state index contributed by atoms with van der Waals surface area (Å²) in [5.41, 5.74) is 1.72. The van der Waals surface area contributed by atoms with E-state index in [-0.39, 0.29) is 27.2 Å². The lowest BCUT2D eigenvalue weighted by molar-refractivity contribution is -0.118. The molecule has 0 bridgehead atoms. The van der Waals surface area contributed by atoms with Crippen LogP contribution in [0.1, 0.15) is 16.7 Å². The van der Waals surface area contributed by atoms with Crippen LogP contribution in [0.15, 0.2) is 75.5 Å². The number of carbonyl (C=O) groups excluding carboxylic acids is 2. The van der Waals surface area contributed by atoms with Gasteiger partial charge in [0.25, 0.3) is 15.9 Å². The van der Waals surface area contributed by atoms with E-state index in [2.05, 4.69) is 10.3 Å². The molecule has 0 radical (unpaired) electrons. The molecule has 0 aromatic heterocycles. The first-order valence-corrected chi connectivity index (χ1v) is 13.8. The number of amidine groups is 1. The average molecular weight is 570 g/mol. The van der Waals surface area contributed by atoms with Gasteiger partial charge in [-0.05, 0) is 66.7 Å². The number of aryl methyl sites for hydroxylation is 1. The van der Waals surface area contributed by atoms with E-state index in [0.717, 1.165) is 23.4 Å². The molecule has 0 saturated carbocycles. The number of nitrogens with zero attached hydrogens (tertiary/aromatic N) is 1. The standard InChI is InChI=1S/C27H24FN3O6S2/c1-16-4-10-21(11-5-16)39(34,35)31-25(32)13-17-6-8-19(14-22(17)28)29-27-30-26(33)24(38-27)12-18-7-9-20(36-2)15-23(18)37-3/h4-12,14-15H,13H2,1-3H3,(H,31,32)(H,29,30,33)/b24-12-. The van der Waals surface area contributed by atoms with Crippen LogP contribution in [0.5, 0.6) is 11.5 Å². The molecule has 202 valence electrons. The average Bonchev–Trinajstić information content (AvgIpc) is 3.23. The maximum Gasteiger partial charge on any atom is 0.264 e. The molecule has 1 saturated heterocycles. The lowest BCUT2D eigenvalue weighted by Gasteiger charge is -2.08. The van der Waals surface area contributed by atoms with E-state index in [4.69, 9.17) is 9.47 Å². The molecular formula is C27H24FN3O6S2. The number of rotatable bonds is 8. The van der Waals surface area contributed by atoms with Crippen LogP contribution in [0.2, 0.25) is 0 Å². The molecule has 2 amide bonds. The number of hydrogen-bond acceptors (Lipinski definition) is 8. The van der Waals surface area contributed by atoms with E-state index in [1.807, 2.05) is 4.72 Å². The Balaban J connectivity index is 1.44. The Bertz CT molecular complexity index is 1600. The summed E-state index contributed by atoms with van der Waals surface area (Å²) in [6.45, 7) is 1.81. The molecule has 1 aliphatic heterocycles. The zero-order valence-corrected chi connectivity index (χ0v) is 22.8. The Hall–Kier alpha value is -4.16. The van der Waals surface area contributed by atoms with Crippen LogP contribution in [-0.2, 0) is 26.0 Å². The van der Waals surface area contributed by atoms with Crippen molar-refractivity contribution in [3.05, 3.63) is 88.1 Å². The van der Waals surface area contributed by atoms with Gasteiger partial charge in [-0.1, -0.05) is 23.8 Å². The molecule has 1 aliphatic rings. The van der Waals surface area contributed by atoms with Crippen LogP contribution in [0.4, 0.5) is 10.1 Å². The molecule has 2 N–H and O–H groups in total. The maximum atomic E-state index is 14.7. The minimum Gasteiger partial charge on any atom is -0.497 e. The predicted molar refractivity (Wildman–Crippen MR) is 147 cm³/mol. The van der Waals surface area contributed by atoms with Crippen LogP contribution >= 0.6 is 11.8 Å². The summed E-state index contributed by atoms with van der Waals surface area (Å²) < 4.78 is 52.1. The number of sulfonamides is 1. The second kappa shape index (κ2) is 11.7. The lowest BCUT2D eigenvalue weighted by Crippen LogP contribution is -2.32. The normalized spacial score (nSPS) is 15.3. The first kappa shape index (κ1) is 27.9. The number of thioether (sulfide) groups is 1. The summed E-state index contributed by atoms with van der Waals surface area (Å²) in [5, 5.41) is 2.87. The fourth-order valence-electron chi connectivity index (χ4n) is 3.56. The van der Waals surface area contributed by atoms with E-state index >= 15 is 0 Å². The second-order valence-electron chi connectivity index (χ2n) is 8.38. The van der Waals surface area contributed by atoms with Gasteiger partial charge < -0.3 is 14.8 Å². The Labute approximate surface area is 229 Å². The third-order valence-electron chi connectivity index (χ3n) is 5.58. The number of halogens is 1. The summed E-state index contributed by atoms with van der Waals surface area (Å²) in [5.74, 6) is -0.867. The molecule has 3 aromatic rings. The number of aliphatic imine (C=N–C) groups is 1. The topological polar surface area (TPSA) is 123 Å². The van der Waals surface area contributed by atoms with Crippen molar-refractivity contribution in [3.63, 3.8) is 0 Å². The molecule has 9 nitrogen and oxygen atoms in total. The fourth-order valence-corrected chi connectivity index (χ4v) is 5.38. The number of nitrogens with one attached hydrogen (secondary N) is 2. The summed E-state index contributed by atoms with van der Waals surface area (Å²) >= 11 is 1.07. The van der Waals surface area contributed by atoms with Crippen molar-refractivity contribution in [1.82, 2.24) is 10.0 Å². The molecule has 4 rings (SSSR count). The van der Waals surface area contributed by atoms with Gasteiger partial charge in [0.15, 0.2) is 5.17 Å². The van der Waals surface area contributed by atoms with E-state index in [1.54, 1.807) is 43.3 Å². The predicted octanol–water partition coefficient (Wildman–Crippen LogP) is 4.09. The number of benzene rings is 3. The Morgan fingerprint density at radius 2 is 1.82 bits per heavy atom. The minimum absolute atomic E-state index is 0.00847. The summed E-state index contributed by atoms with van der Waals surface area (Å²) in [7, 11) is -1.03. The quantitative estimate of drug-likeness (QED) is 0.392. The zero-order valence-electron chi connectivity index (χ0n) is 21.1. The van der Waals surface area contributed by atoms with Crippen LogP contribution in [0, 0.1) is 12.7 Å². The van der Waals surface area contributed by atoms with Gasteiger partial charge in [-0.15, -0.1) is 0 Å². The van der Waals surface area contributed by atoms with E-state index in [9.17, 15) is 22.4 Å². The van der Waals surface area contributed by atoms with E-state index in [0.29, 0.717) is 22.0 Å². The Morgan fingerprint density at radius 1 is 1.08 bits per heavy atom. The van der Waals surface area contributed by atoms with Crippen LogP contribution in [0.25, 0.3) is 6.08 Å². The van der Waals surface area contributed by atoms with Gasteiger partial charge in [0.1, 0.15) is 17.3 Å². The van der Waals surface area contributed by atoms with Gasteiger partial charge in [-0.2, -0.15) is 0 Å². The summed E-state index contributed by atoms with van der Waals surface area (Å²) in [4.78, 5) is 29.4. The molecule has 0 atom stereocenters. The highest BCUT2D eigenvalue weighted by Crippen LogP contribution is 2.32. The van der Waals surface area contributed by atoms with Crippen molar-refractivity contribution in [3.8, 4) is 11.5 Å². The van der Waals surface area contributed by atoms with Crippen LogP contribution in [-0.4, -0.2) is 39.6 Å². The first-order chi connectivity index (χ1) is 18.6. The maximum absolute atomic E-state index is 14.7. The van der Waals surface area contributed by atoms with Crippen molar-refractivity contribution in [2.45, 2.75) is 18.2 Å². The number of carbonyl (C=O) groups is 2. The molecule has 0 spiro atoms. The smallest absolute Gasteiger partial charge is 0.264 e. The monoisotopic (exact) mass is 569 g/mol. The number of methoxy groups -OCH3 is 2. The fraction of sp³-hybridized carbons (Fsp3) is 0.148. The highest BCUT2D eigenvalue weighted by atomic mass is 32.2. The van der Waals surface area contributed by atoms with Gasteiger partial charge in [-0.3, -0.25) is 9.59 Å². The minimum atomic E-state index is -4.08. The van der Waals surface area contributed by atoms with Crippen LogP contribution < -0.4 is 19.5 Å². The highest BCUT2D eigenvalue weighted by molar-refractivity contribution is 8.18. The summed E-state index contributed by atoms with van der Waals surface area (Å²) in [6, 6.07) is 15.1.